The molecule has 0 aromatic heterocycles. The number of amides is 2. The van der Waals surface area contributed by atoms with Gasteiger partial charge in [0.1, 0.15) is 17.5 Å². The Morgan fingerprint density at radius 3 is 2.08 bits per heavy atom. The largest absolute Gasteiger partial charge is 0.457 e. The number of nitrogens with zero attached hydrogens (tertiary/aromatic N) is 2. The van der Waals surface area contributed by atoms with E-state index in [0.717, 1.165) is 16.4 Å². The van der Waals surface area contributed by atoms with Crippen molar-refractivity contribution in [3.05, 3.63) is 88.9 Å². The lowest BCUT2D eigenvalue weighted by atomic mass is 10.1. The van der Waals surface area contributed by atoms with Crippen molar-refractivity contribution >= 4 is 33.4 Å². The Balaban J connectivity index is 1.50. The van der Waals surface area contributed by atoms with Gasteiger partial charge in [0.2, 0.25) is 21.8 Å². The van der Waals surface area contributed by atoms with Crippen LogP contribution in [-0.4, -0.2) is 55.1 Å². The number of hydrogen-bond acceptors (Lipinski definition) is 5. The van der Waals surface area contributed by atoms with Crippen molar-refractivity contribution in [3.8, 4) is 11.5 Å². The smallest absolute Gasteiger partial charge is 0.416 e. The number of alkyl halides is 3. The normalized spacial score (nSPS) is 16.4. The van der Waals surface area contributed by atoms with Crippen molar-refractivity contribution < 1.29 is 35.9 Å². The third-order valence-electron chi connectivity index (χ3n) is 6.31. The van der Waals surface area contributed by atoms with Gasteiger partial charge in [-0.05, 0) is 66.2 Å². The van der Waals surface area contributed by atoms with Crippen molar-refractivity contribution in [3.63, 3.8) is 0 Å². The monoisotopic (exact) mass is 595 g/mol. The zero-order valence-electron chi connectivity index (χ0n) is 21.2. The van der Waals surface area contributed by atoms with Crippen LogP contribution in [0.25, 0.3) is 0 Å². The number of nitrogens with one attached hydrogen (secondary N) is 1. The highest BCUT2D eigenvalue weighted by Crippen LogP contribution is 2.29. The maximum atomic E-state index is 13.6. The number of hydrogen-bond donors (Lipinski definition) is 1. The zero-order chi connectivity index (χ0) is 29.1. The first-order valence-corrected chi connectivity index (χ1v) is 13.9. The number of sulfonamides is 1. The fourth-order valence-corrected chi connectivity index (χ4v) is 5.82. The quantitative estimate of drug-likeness (QED) is 0.428. The molecule has 1 atom stereocenters. The fourth-order valence-electron chi connectivity index (χ4n) is 4.13. The van der Waals surface area contributed by atoms with E-state index in [1.165, 1.54) is 48.2 Å². The van der Waals surface area contributed by atoms with Crippen LogP contribution in [0.3, 0.4) is 0 Å². The molecular formula is C27H25ClF3N3O5S. The highest BCUT2D eigenvalue weighted by Gasteiger charge is 2.40. The molecule has 0 spiro atoms. The van der Waals surface area contributed by atoms with Crippen LogP contribution in [0.2, 0.25) is 5.02 Å². The summed E-state index contributed by atoms with van der Waals surface area (Å²) in [4.78, 5) is 26.5. The number of benzene rings is 3. The second kappa shape index (κ2) is 11.9. The van der Waals surface area contributed by atoms with Gasteiger partial charge < -0.3 is 15.0 Å². The first-order chi connectivity index (χ1) is 18.8. The molecule has 1 aliphatic rings. The van der Waals surface area contributed by atoms with Crippen LogP contribution < -0.4 is 10.1 Å². The molecule has 1 heterocycles. The molecule has 1 aliphatic heterocycles. The molecule has 1 unspecified atom stereocenters. The molecular weight excluding hydrogens is 571 g/mol. The minimum Gasteiger partial charge on any atom is -0.457 e. The van der Waals surface area contributed by atoms with Gasteiger partial charge in [0, 0.05) is 38.1 Å². The summed E-state index contributed by atoms with van der Waals surface area (Å²) in [5.74, 6) is -0.114. The Labute approximate surface area is 234 Å². The molecule has 2 amide bonds. The van der Waals surface area contributed by atoms with E-state index in [4.69, 9.17) is 16.3 Å². The van der Waals surface area contributed by atoms with Gasteiger partial charge in [-0.15, -0.1) is 0 Å². The maximum Gasteiger partial charge on any atom is 0.416 e. The second-order valence-electron chi connectivity index (χ2n) is 9.04. The number of ether oxygens (including phenoxy) is 1. The summed E-state index contributed by atoms with van der Waals surface area (Å²) in [6, 6.07) is 15.3. The molecule has 40 heavy (non-hydrogen) atoms. The van der Waals surface area contributed by atoms with Gasteiger partial charge in [0.25, 0.3) is 0 Å². The van der Waals surface area contributed by atoms with E-state index in [1.807, 2.05) is 0 Å². The summed E-state index contributed by atoms with van der Waals surface area (Å²) in [6.07, 6.45) is -4.49. The standard InChI is InChI=1S/C27H25ClF3N3O5S/c1-18(35)33-14-15-34(25(17-33)26(36)32-16-19-2-4-20(5-3-19)27(29,30)31)40(37,38)24-12-10-23(11-13-24)39-22-8-6-21(28)7-9-22/h2-13,25H,14-17H2,1H3,(H,32,36). The summed E-state index contributed by atoms with van der Waals surface area (Å²) in [7, 11) is -4.17. The van der Waals surface area contributed by atoms with E-state index in [-0.39, 0.29) is 37.0 Å². The number of carbonyl (C=O) groups excluding carboxylic acids is 2. The van der Waals surface area contributed by atoms with Gasteiger partial charge in [0.05, 0.1) is 10.5 Å². The fraction of sp³-hybridized carbons (Fsp3) is 0.259. The summed E-state index contributed by atoms with van der Waals surface area (Å²) >= 11 is 5.88. The average Bonchev–Trinajstić information content (AvgIpc) is 2.92. The molecule has 1 N–H and O–H groups in total. The van der Waals surface area contributed by atoms with Crippen LogP contribution in [0.15, 0.2) is 77.7 Å². The molecule has 8 nitrogen and oxygen atoms in total. The molecule has 3 aromatic carbocycles. The van der Waals surface area contributed by atoms with E-state index < -0.39 is 33.7 Å². The number of piperazine rings is 1. The molecule has 212 valence electrons. The molecule has 0 bridgehead atoms. The molecule has 0 saturated carbocycles. The molecule has 1 fully saturated rings. The molecule has 4 rings (SSSR count). The van der Waals surface area contributed by atoms with Crippen LogP contribution in [0.4, 0.5) is 13.2 Å². The number of halogens is 4. The summed E-state index contributed by atoms with van der Waals surface area (Å²) in [6.45, 7) is 0.988. The third-order valence-corrected chi connectivity index (χ3v) is 8.48. The summed E-state index contributed by atoms with van der Waals surface area (Å²) in [5, 5.41) is 3.13. The molecule has 1 saturated heterocycles. The molecule has 0 radical (unpaired) electrons. The van der Waals surface area contributed by atoms with Crippen molar-refractivity contribution in [2.24, 2.45) is 0 Å². The van der Waals surface area contributed by atoms with Crippen LogP contribution in [-0.2, 0) is 32.3 Å². The van der Waals surface area contributed by atoms with Gasteiger partial charge in [-0.1, -0.05) is 23.7 Å². The summed E-state index contributed by atoms with van der Waals surface area (Å²) < 4.78 is 72.4. The average molecular weight is 596 g/mol. The van der Waals surface area contributed by atoms with E-state index in [9.17, 15) is 31.2 Å². The predicted octanol–water partition coefficient (Wildman–Crippen LogP) is 4.69. The van der Waals surface area contributed by atoms with Crippen LogP contribution in [0, 0.1) is 0 Å². The lowest BCUT2D eigenvalue weighted by Gasteiger charge is -2.39. The van der Waals surface area contributed by atoms with Gasteiger partial charge in [-0.2, -0.15) is 17.5 Å². The Morgan fingerprint density at radius 2 is 1.52 bits per heavy atom. The first-order valence-electron chi connectivity index (χ1n) is 12.1. The van der Waals surface area contributed by atoms with Crippen molar-refractivity contribution in [2.75, 3.05) is 19.6 Å². The highest BCUT2D eigenvalue weighted by molar-refractivity contribution is 7.89. The van der Waals surface area contributed by atoms with E-state index in [0.29, 0.717) is 22.1 Å². The zero-order valence-corrected chi connectivity index (χ0v) is 22.8. The highest BCUT2D eigenvalue weighted by atomic mass is 35.5. The Bertz CT molecular complexity index is 1470. The van der Waals surface area contributed by atoms with Crippen LogP contribution in [0.1, 0.15) is 18.1 Å². The Hall–Kier alpha value is -3.61. The molecule has 0 aliphatic carbocycles. The first kappa shape index (κ1) is 29.4. The minimum atomic E-state index is -4.49. The van der Waals surface area contributed by atoms with Crippen molar-refractivity contribution in [2.45, 2.75) is 30.6 Å². The second-order valence-corrected chi connectivity index (χ2v) is 11.4. The van der Waals surface area contributed by atoms with Crippen LogP contribution >= 0.6 is 11.6 Å². The van der Waals surface area contributed by atoms with Gasteiger partial charge >= 0.3 is 6.18 Å². The molecule has 3 aromatic rings. The Kier molecular flexibility index (Phi) is 8.71. The van der Waals surface area contributed by atoms with Crippen molar-refractivity contribution in [1.82, 2.24) is 14.5 Å². The maximum absolute atomic E-state index is 13.6. The topological polar surface area (TPSA) is 96.0 Å². The minimum absolute atomic E-state index is 0.0761. The van der Waals surface area contributed by atoms with Crippen molar-refractivity contribution in [1.29, 1.82) is 0 Å². The van der Waals surface area contributed by atoms with Gasteiger partial charge in [-0.3, -0.25) is 9.59 Å². The van der Waals surface area contributed by atoms with Gasteiger partial charge in [0.15, 0.2) is 0 Å². The molecule has 13 heteroatoms. The van der Waals surface area contributed by atoms with E-state index >= 15 is 0 Å². The number of rotatable bonds is 7. The number of carbonyl (C=O) groups is 2. The lowest BCUT2D eigenvalue weighted by molar-refractivity contribution is -0.138. The van der Waals surface area contributed by atoms with E-state index in [1.54, 1.807) is 24.3 Å². The third kappa shape index (κ3) is 6.93. The lowest BCUT2D eigenvalue weighted by Crippen LogP contribution is -2.61. The SMILES string of the molecule is CC(=O)N1CCN(S(=O)(=O)c2ccc(Oc3ccc(Cl)cc3)cc2)C(C(=O)NCc2ccc(C(F)(F)F)cc2)C1. The Morgan fingerprint density at radius 1 is 0.950 bits per heavy atom. The predicted molar refractivity (Wildman–Crippen MR) is 141 cm³/mol. The summed E-state index contributed by atoms with van der Waals surface area (Å²) in [5.41, 5.74) is -0.430. The van der Waals surface area contributed by atoms with Crippen LogP contribution in [0.5, 0.6) is 11.5 Å². The van der Waals surface area contributed by atoms with Gasteiger partial charge in [-0.25, -0.2) is 8.42 Å². The van der Waals surface area contributed by atoms with E-state index in [2.05, 4.69) is 5.32 Å².